The lowest BCUT2D eigenvalue weighted by atomic mass is 9.78. The maximum atomic E-state index is 12.4. The number of nitrogens with two attached hydrogens (primary N) is 1. The highest BCUT2D eigenvalue weighted by Gasteiger charge is 2.35. The molecule has 1 aliphatic heterocycles. The number of piperazine rings is 1. The van der Waals surface area contributed by atoms with Crippen molar-refractivity contribution in [3.8, 4) is 0 Å². The van der Waals surface area contributed by atoms with E-state index in [4.69, 9.17) is 5.73 Å². The summed E-state index contributed by atoms with van der Waals surface area (Å²) in [4.78, 5) is 3.83. The van der Waals surface area contributed by atoms with Crippen molar-refractivity contribution in [3.63, 3.8) is 0 Å². The van der Waals surface area contributed by atoms with Gasteiger partial charge < -0.3 is 5.73 Å². The van der Waals surface area contributed by atoms with Gasteiger partial charge in [0.05, 0.1) is 6.54 Å². The Morgan fingerprint density at radius 2 is 1.62 bits per heavy atom. The Morgan fingerprint density at radius 1 is 1.05 bits per heavy atom. The van der Waals surface area contributed by atoms with Gasteiger partial charge in [-0.15, -0.1) is 0 Å². The second-order valence-electron chi connectivity index (χ2n) is 6.75. The van der Waals surface area contributed by atoms with Gasteiger partial charge in [-0.2, -0.15) is 13.2 Å². The van der Waals surface area contributed by atoms with E-state index >= 15 is 0 Å². The van der Waals surface area contributed by atoms with Crippen molar-refractivity contribution in [1.82, 2.24) is 9.80 Å². The van der Waals surface area contributed by atoms with Crippen LogP contribution in [0.4, 0.5) is 13.2 Å². The lowest BCUT2D eigenvalue weighted by Crippen LogP contribution is -2.56. The molecule has 1 saturated heterocycles. The zero-order valence-electron chi connectivity index (χ0n) is 12.9. The summed E-state index contributed by atoms with van der Waals surface area (Å²) in [7, 11) is 0. The summed E-state index contributed by atoms with van der Waals surface area (Å²) in [6.07, 6.45) is 0.858. The van der Waals surface area contributed by atoms with Crippen molar-refractivity contribution in [1.29, 1.82) is 0 Å². The normalized spacial score (nSPS) is 31.3. The molecule has 0 aromatic rings. The maximum absolute atomic E-state index is 12.4. The molecular weight excluding hydrogens is 279 g/mol. The van der Waals surface area contributed by atoms with Crippen molar-refractivity contribution in [2.75, 3.05) is 39.3 Å². The third-order valence-electron chi connectivity index (χ3n) is 5.12. The van der Waals surface area contributed by atoms with Crippen LogP contribution < -0.4 is 5.73 Å². The largest absolute Gasteiger partial charge is 0.401 e. The average Bonchev–Trinajstić information content (AvgIpc) is 2.42. The molecule has 0 radical (unpaired) electrons. The van der Waals surface area contributed by atoms with Crippen LogP contribution >= 0.6 is 0 Å². The fraction of sp³-hybridized carbons (Fsp3) is 1.00. The lowest BCUT2D eigenvalue weighted by Gasteiger charge is -2.43. The van der Waals surface area contributed by atoms with E-state index < -0.39 is 12.7 Å². The minimum Gasteiger partial charge on any atom is -0.329 e. The van der Waals surface area contributed by atoms with Crippen molar-refractivity contribution < 1.29 is 13.2 Å². The van der Waals surface area contributed by atoms with Crippen LogP contribution in [0.25, 0.3) is 0 Å². The van der Waals surface area contributed by atoms with Crippen LogP contribution in [-0.2, 0) is 0 Å². The summed E-state index contributed by atoms with van der Waals surface area (Å²) < 4.78 is 37.2. The second-order valence-corrected chi connectivity index (χ2v) is 6.75. The van der Waals surface area contributed by atoms with E-state index in [0.29, 0.717) is 44.7 Å². The Labute approximate surface area is 125 Å². The van der Waals surface area contributed by atoms with Gasteiger partial charge in [0.2, 0.25) is 0 Å². The first-order valence-corrected chi connectivity index (χ1v) is 8.12. The first-order valence-electron chi connectivity index (χ1n) is 8.12. The molecule has 1 unspecified atom stereocenters. The van der Waals surface area contributed by atoms with Crippen molar-refractivity contribution >= 4 is 0 Å². The zero-order chi connectivity index (χ0) is 15.5. The van der Waals surface area contributed by atoms with E-state index in [1.807, 2.05) is 0 Å². The Bertz CT molecular complexity index is 306. The fourth-order valence-electron chi connectivity index (χ4n) is 3.82. The van der Waals surface area contributed by atoms with Crippen LogP contribution in [0.1, 0.15) is 32.6 Å². The van der Waals surface area contributed by atoms with E-state index in [1.165, 1.54) is 30.6 Å². The number of rotatable bonds is 4. The van der Waals surface area contributed by atoms with Gasteiger partial charge >= 0.3 is 6.18 Å². The molecule has 2 rings (SSSR count). The van der Waals surface area contributed by atoms with Crippen LogP contribution in [-0.4, -0.2) is 61.3 Å². The highest BCUT2D eigenvalue weighted by Crippen LogP contribution is 2.32. The van der Waals surface area contributed by atoms with Crippen molar-refractivity contribution in [2.24, 2.45) is 17.6 Å². The van der Waals surface area contributed by atoms with E-state index in [1.54, 1.807) is 0 Å². The fourth-order valence-corrected chi connectivity index (χ4v) is 3.82. The minimum absolute atomic E-state index is 0.352. The summed E-state index contributed by atoms with van der Waals surface area (Å²) in [5.74, 6) is 1.43. The molecule has 0 bridgehead atoms. The standard InChI is InChI=1S/C15H28F3N3/c1-12-2-4-13(5-3-12)14(10-19)21-8-6-20(7-9-21)11-15(16,17)18/h12-14H,2-11,19H2,1H3. The van der Waals surface area contributed by atoms with E-state index in [0.717, 1.165) is 5.92 Å². The molecule has 0 spiro atoms. The maximum Gasteiger partial charge on any atom is 0.401 e. The van der Waals surface area contributed by atoms with Gasteiger partial charge in [0.1, 0.15) is 0 Å². The molecule has 1 atom stereocenters. The first kappa shape index (κ1) is 17.0. The number of hydrogen-bond acceptors (Lipinski definition) is 3. The summed E-state index contributed by atoms with van der Waals surface area (Å²) in [5.41, 5.74) is 5.97. The number of hydrogen-bond donors (Lipinski definition) is 1. The quantitative estimate of drug-likeness (QED) is 0.865. The molecule has 2 N–H and O–H groups in total. The Balaban J connectivity index is 1.82. The Morgan fingerprint density at radius 3 is 2.10 bits per heavy atom. The van der Waals surface area contributed by atoms with Gasteiger partial charge in [-0.3, -0.25) is 9.80 Å². The van der Waals surface area contributed by atoms with Crippen LogP contribution in [0.3, 0.4) is 0 Å². The van der Waals surface area contributed by atoms with Gasteiger partial charge in [0, 0.05) is 38.8 Å². The highest BCUT2D eigenvalue weighted by molar-refractivity contribution is 4.87. The predicted molar refractivity (Wildman–Crippen MR) is 78.0 cm³/mol. The molecule has 1 aliphatic carbocycles. The van der Waals surface area contributed by atoms with Gasteiger partial charge in [-0.05, 0) is 24.7 Å². The lowest BCUT2D eigenvalue weighted by molar-refractivity contribution is -0.150. The molecule has 124 valence electrons. The molecule has 0 aromatic carbocycles. The molecule has 21 heavy (non-hydrogen) atoms. The van der Waals surface area contributed by atoms with Crippen LogP contribution in [0.2, 0.25) is 0 Å². The molecule has 3 nitrogen and oxygen atoms in total. The first-order chi connectivity index (χ1) is 9.89. The molecule has 6 heteroatoms. The van der Waals surface area contributed by atoms with Crippen LogP contribution in [0.15, 0.2) is 0 Å². The van der Waals surface area contributed by atoms with E-state index in [-0.39, 0.29) is 0 Å². The van der Waals surface area contributed by atoms with Gasteiger partial charge in [-0.25, -0.2) is 0 Å². The summed E-state index contributed by atoms with van der Waals surface area (Å²) in [6, 6.07) is 0.352. The smallest absolute Gasteiger partial charge is 0.329 e. The average molecular weight is 307 g/mol. The number of alkyl halides is 3. The molecule has 2 fully saturated rings. The zero-order valence-corrected chi connectivity index (χ0v) is 12.9. The van der Waals surface area contributed by atoms with Gasteiger partial charge in [-0.1, -0.05) is 19.8 Å². The van der Waals surface area contributed by atoms with E-state index in [2.05, 4.69) is 11.8 Å². The third-order valence-corrected chi connectivity index (χ3v) is 5.12. The molecule has 0 amide bonds. The van der Waals surface area contributed by atoms with Crippen LogP contribution in [0, 0.1) is 11.8 Å². The molecule has 1 saturated carbocycles. The van der Waals surface area contributed by atoms with Gasteiger partial charge in [0.15, 0.2) is 0 Å². The molecule has 0 aromatic heterocycles. The SMILES string of the molecule is CC1CCC(C(CN)N2CCN(CC(F)(F)F)CC2)CC1. The third kappa shape index (κ3) is 5.11. The number of halogens is 3. The minimum atomic E-state index is -4.09. The monoisotopic (exact) mass is 307 g/mol. The second kappa shape index (κ2) is 7.29. The van der Waals surface area contributed by atoms with Crippen molar-refractivity contribution in [3.05, 3.63) is 0 Å². The van der Waals surface area contributed by atoms with Crippen molar-refractivity contribution in [2.45, 2.75) is 44.8 Å². The Kier molecular flexibility index (Phi) is 5.91. The summed E-state index contributed by atoms with van der Waals surface area (Å²) in [5, 5.41) is 0. The Hall–Kier alpha value is -0.330. The highest BCUT2D eigenvalue weighted by atomic mass is 19.4. The van der Waals surface area contributed by atoms with E-state index in [9.17, 15) is 13.2 Å². The summed E-state index contributed by atoms with van der Waals surface area (Å²) >= 11 is 0. The van der Waals surface area contributed by atoms with Crippen LogP contribution in [0.5, 0.6) is 0 Å². The number of nitrogens with zero attached hydrogens (tertiary/aromatic N) is 2. The van der Waals surface area contributed by atoms with Gasteiger partial charge in [0.25, 0.3) is 0 Å². The predicted octanol–water partition coefficient (Wildman–Crippen LogP) is 2.32. The summed E-state index contributed by atoms with van der Waals surface area (Å²) in [6.45, 7) is 4.56. The molecule has 2 aliphatic rings. The molecular formula is C15H28F3N3. The topological polar surface area (TPSA) is 32.5 Å². The molecule has 1 heterocycles.